The highest BCUT2D eigenvalue weighted by atomic mass is 19.1. The Hall–Kier alpha value is -5.31. The van der Waals surface area contributed by atoms with Gasteiger partial charge in [-0.15, -0.1) is 0 Å². The van der Waals surface area contributed by atoms with E-state index in [-0.39, 0.29) is 48.6 Å². The number of alkyl carbamates (subject to hydrolysis) is 1. The first-order chi connectivity index (χ1) is 20.4. The number of nitrogens with one attached hydrogen (secondary N) is 1. The van der Waals surface area contributed by atoms with Gasteiger partial charge in [-0.2, -0.15) is 0 Å². The zero-order valence-electron chi connectivity index (χ0n) is 22.3. The molecule has 0 aromatic heterocycles. The van der Waals surface area contributed by atoms with Crippen LogP contribution in [0.1, 0.15) is 55.3 Å². The number of nitrogens with zero attached hydrogens (tertiary/aromatic N) is 1. The lowest BCUT2D eigenvalue weighted by Crippen LogP contribution is -2.32. The second kappa shape index (κ2) is 11.3. The van der Waals surface area contributed by atoms with E-state index in [2.05, 4.69) is 17.4 Å². The third-order valence-corrected chi connectivity index (χ3v) is 7.45. The third kappa shape index (κ3) is 5.12. The first-order valence-electron chi connectivity index (χ1n) is 13.5. The lowest BCUT2D eigenvalue weighted by molar-refractivity contribution is -0.168. The molecule has 1 N–H and O–H groups in total. The number of carbonyl (C=O) groups excluding carboxylic acids is 4. The number of amides is 3. The van der Waals surface area contributed by atoms with Crippen LogP contribution in [0.2, 0.25) is 0 Å². The first kappa shape index (κ1) is 26.9. The molecule has 1 heterocycles. The summed E-state index contributed by atoms with van der Waals surface area (Å²) in [6, 6.07) is 26.7. The molecule has 1 aliphatic carbocycles. The van der Waals surface area contributed by atoms with Gasteiger partial charge >= 0.3 is 12.1 Å². The minimum atomic E-state index is -0.843. The highest BCUT2D eigenvalue weighted by Crippen LogP contribution is 2.44. The normalized spacial score (nSPS) is 13.4. The Morgan fingerprint density at radius 3 is 1.95 bits per heavy atom. The second-order valence-electron chi connectivity index (χ2n) is 10.0. The zero-order valence-corrected chi connectivity index (χ0v) is 22.3. The van der Waals surface area contributed by atoms with E-state index >= 15 is 0 Å². The van der Waals surface area contributed by atoms with Crippen molar-refractivity contribution in [3.05, 3.63) is 130 Å². The fourth-order valence-corrected chi connectivity index (χ4v) is 5.36. The van der Waals surface area contributed by atoms with Gasteiger partial charge in [-0.25, -0.2) is 14.0 Å². The predicted molar refractivity (Wildman–Crippen MR) is 150 cm³/mol. The van der Waals surface area contributed by atoms with E-state index in [9.17, 15) is 23.6 Å². The molecule has 8 nitrogen and oxygen atoms in total. The van der Waals surface area contributed by atoms with Crippen molar-refractivity contribution >= 4 is 23.9 Å². The molecular formula is C33H25FN2O6. The van der Waals surface area contributed by atoms with Crippen LogP contribution < -0.4 is 5.32 Å². The van der Waals surface area contributed by atoms with Gasteiger partial charge in [0.1, 0.15) is 12.4 Å². The van der Waals surface area contributed by atoms with E-state index in [4.69, 9.17) is 9.57 Å². The SMILES string of the molecule is O=C(CCc1ccc(CNC(=O)OCC2c3ccccc3-c3ccccc32)cc1F)ON1C(=O)c2ccccc2C1=O. The lowest BCUT2D eigenvalue weighted by Gasteiger charge is -2.15. The number of hydroxylamine groups is 2. The molecule has 0 saturated carbocycles. The van der Waals surface area contributed by atoms with Gasteiger partial charge in [0.05, 0.1) is 17.5 Å². The number of halogens is 1. The minimum absolute atomic E-state index is 0.00603. The average molecular weight is 565 g/mol. The Morgan fingerprint density at radius 2 is 1.36 bits per heavy atom. The Labute approximate surface area is 240 Å². The molecular weight excluding hydrogens is 539 g/mol. The fraction of sp³-hybridized carbons (Fsp3) is 0.152. The summed E-state index contributed by atoms with van der Waals surface area (Å²) in [5.41, 5.74) is 5.56. The van der Waals surface area contributed by atoms with Crippen molar-refractivity contribution in [2.45, 2.75) is 25.3 Å². The molecule has 0 bridgehead atoms. The van der Waals surface area contributed by atoms with E-state index in [1.807, 2.05) is 36.4 Å². The number of benzene rings is 4. The number of aryl methyl sites for hydroxylation is 1. The number of ether oxygens (including phenoxy) is 1. The van der Waals surface area contributed by atoms with Crippen molar-refractivity contribution in [1.82, 2.24) is 10.4 Å². The fourth-order valence-electron chi connectivity index (χ4n) is 5.36. The van der Waals surface area contributed by atoms with Crippen LogP contribution in [-0.4, -0.2) is 35.5 Å². The van der Waals surface area contributed by atoms with Crippen LogP contribution in [0, 0.1) is 5.82 Å². The number of hydrogen-bond donors (Lipinski definition) is 1. The quantitative estimate of drug-likeness (QED) is 0.282. The second-order valence-corrected chi connectivity index (χ2v) is 10.0. The molecule has 4 aromatic carbocycles. The van der Waals surface area contributed by atoms with Crippen molar-refractivity contribution in [3.63, 3.8) is 0 Å². The summed E-state index contributed by atoms with van der Waals surface area (Å²) in [6.07, 6.45) is -0.868. The van der Waals surface area contributed by atoms with Crippen molar-refractivity contribution in [3.8, 4) is 11.1 Å². The summed E-state index contributed by atoms with van der Waals surface area (Å²) >= 11 is 0. The van der Waals surface area contributed by atoms with Crippen molar-refractivity contribution < 1.29 is 33.1 Å². The molecule has 4 aromatic rings. The van der Waals surface area contributed by atoms with Gasteiger partial charge in [0.25, 0.3) is 11.8 Å². The van der Waals surface area contributed by atoms with Gasteiger partial charge in [0, 0.05) is 12.5 Å². The van der Waals surface area contributed by atoms with Gasteiger partial charge in [-0.05, 0) is 58.0 Å². The van der Waals surface area contributed by atoms with Crippen LogP contribution >= 0.6 is 0 Å². The van der Waals surface area contributed by atoms with Crippen LogP contribution in [0.5, 0.6) is 0 Å². The van der Waals surface area contributed by atoms with Crippen LogP contribution in [0.3, 0.4) is 0 Å². The highest BCUT2D eigenvalue weighted by Gasteiger charge is 2.38. The van der Waals surface area contributed by atoms with Crippen molar-refractivity contribution in [2.24, 2.45) is 0 Å². The maximum Gasteiger partial charge on any atom is 0.407 e. The van der Waals surface area contributed by atoms with E-state index < -0.39 is 29.7 Å². The topological polar surface area (TPSA) is 102 Å². The van der Waals surface area contributed by atoms with Gasteiger partial charge in [0.2, 0.25) is 0 Å². The summed E-state index contributed by atoms with van der Waals surface area (Å²) in [5.74, 6) is -2.91. The smallest absolute Gasteiger partial charge is 0.407 e. The van der Waals surface area contributed by atoms with Crippen LogP contribution in [0.4, 0.5) is 9.18 Å². The zero-order chi connectivity index (χ0) is 29.2. The van der Waals surface area contributed by atoms with E-state index in [1.165, 1.54) is 24.3 Å². The van der Waals surface area contributed by atoms with Crippen molar-refractivity contribution in [2.75, 3.05) is 6.61 Å². The van der Waals surface area contributed by atoms with Gasteiger partial charge < -0.3 is 14.9 Å². The molecule has 0 radical (unpaired) electrons. The molecule has 9 heteroatoms. The molecule has 0 unspecified atom stereocenters. The third-order valence-electron chi connectivity index (χ3n) is 7.45. The Balaban J connectivity index is 0.985. The minimum Gasteiger partial charge on any atom is -0.449 e. The Morgan fingerprint density at radius 1 is 0.786 bits per heavy atom. The Bertz CT molecular complexity index is 1650. The molecule has 6 rings (SSSR count). The van der Waals surface area contributed by atoms with Gasteiger partial charge in [-0.1, -0.05) is 77.9 Å². The van der Waals surface area contributed by atoms with Crippen LogP contribution in [0.25, 0.3) is 11.1 Å². The van der Waals surface area contributed by atoms with Crippen LogP contribution in [-0.2, 0) is 27.3 Å². The van der Waals surface area contributed by atoms with Gasteiger partial charge in [0.15, 0.2) is 0 Å². The summed E-state index contributed by atoms with van der Waals surface area (Å²) in [7, 11) is 0. The number of rotatable bonds is 8. The van der Waals surface area contributed by atoms with Crippen LogP contribution in [0.15, 0.2) is 91.0 Å². The molecule has 0 spiro atoms. The Kier molecular flexibility index (Phi) is 7.23. The number of hydrogen-bond acceptors (Lipinski definition) is 6. The summed E-state index contributed by atoms with van der Waals surface area (Å²) in [6.45, 7) is 0.222. The highest BCUT2D eigenvalue weighted by molar-refractivity contribution is 6.20. The molecule has 3 amide bonds. The number of imide groups is 1. The molecule has 0 fully saturated rings. The molecule has 0 saturated heterocycles. The molecule has 0 atom stereocenters. The first-order valence-corrected chi connectivity index (χ1v) is 13.5. The maximum absolute atomic E-state index is 14.8. The average Bonchev–Trinajstić information content (AvgIpc) is 3.45. The monoisotopic (exact) mass is 564 g/mol. The maximum atomic E-state index is 14.8. The van der Waals surface area contributed by atoms with Crippen molar-refractivity contribution in [1.29, 1.82) is 0 Å². The van der Waals surface area contributed by atoms with Gasteiger partial charge in [-0.3, -0.25) is 9.59 Å². The molecule has 42 heavy (non-hydrogen) atoms. The number of carbonyl (C=O) groups is 4. The summed E-state index contributed by atoms with van der Waals surface area (Å²) in [5, 5.41) is 3.08. The van der Waals surface area contributed by atoms with E-state index in [1.54, 1.807) is 18.2 Å². The lowest BCUT2D eigenvalue weighted by atomic mass is 9.98. The standard InChI is InChI=1S/C33H25FN2O6/c34-29-17-20(13-14-21(29)15-16-30(37)42-36-31(38)26-11-5-6-12-27(26)32(36)39)18-35-33(40)41-19-28-24-9-3-1-7-22(24)23-8-2-4-10-25(23)28/h1-14,17,28H,15-16,18-19H2,(H,35,40). The molecule has 210 valence electrons. The number of fused-ring (bicyclic) bond motifs is 4. The summed E-state index contributed by atoms with van der Waals surface area (Å²) in [4.78, 5) is 54.5. The largest absolute Gasteiger partial charge is 0.449 e. The molecule has 2 aliphatic rings. The predicted octanol–water partition coefficient (Wildman–Crippen LogP) is 5.55. The van der Waals surface area contributed by atoms with E-state index in [0.717, 1.165) is 22.3 Å². The summed E-state index contributed by atoms with van der Waals surface area (Å²) < 4.78 is 20.3. The van der Waals surface area contributed by atoms with E-state index in [0.29, 0.717) is 10.6 Å². The molecule has 1 aliphatic heterocycles.